The number of halogens is 1. The normalized spacial score (nSPS) is 10.6. The monoisotopic (exact) mass is 295 g/mol. The number of carbonyl (C=O) groups excluding carboxylic acids is 1. The van der Waals surface area contributed by atoms with Crippen molar-refractivity contribution in [3.05, 3.63) is 76.8 Å². The highest BCUT2D eigenvalue weighted by Crippen LogP contribution is 2.26. The van der Waals surface area contributed by atoms with Gasteiger partial charge in [-0.1, -0.05) is 54.1 Å². The number of fused-ring (bicyclic) bond motifs is 1. The zero-order valence-corrected chi connectivity index (χ0v) is 12.3. The molecule has 2 nitrogen and oxygen atoms in total. The Balaban J connectivity index is 2.20. The highest BCUT2D eigenvalue weighted by Gasteiger charge is 2.16. The van der Waals surface area contributed by atoms with Crippen molar-refractivity contribution in [3.8, 4) is 0 Å². The van der Waals surface area contributed by atoms with Crippen molar-refractivity contribution < 1.29 is 4.79 Å². The van der Waals surface area contributed by atoms with Crippen LogP contribution in [0, 0.1) is 0 Å². The SMILES string of the molecule is CNc1ccc(Cl)cc1C(=O)c1cccc2ccccc12. The summed E-state index contributed by atoms with van der Waals surface area (Å²) in [4.78, 5) is 12.9. The second kappa shape index (κ2) is 5.58. The summed E-state index contributed by atoms with van der Waals surface area (Å²) in [5.41, 5.74) is 2.05. The Hall–Kier alpha value is -2.32. The average molecular weight is 296 g/mol. The fourth-order valence-corrected chi connectivity index (χ4v) is 2.66. The van der Waals surface area contributed by atoms with Crippen molar-refractivity contribution in [1.29, 1.82) is 0 Å². The molecule has 0 radical (unpaired) electrons. The van der Waals surface area contributed by atoms with Gasteiger partial charge in [0.05, 0.1) is 0 Å². The second-order valence-electron chi connectivity index (χ2n) is 4.80. The summed E-state index contributed by atoms with van der Waals surface area (Å²) in [6.45, 7) is 0. The van der Waals surface area contributed by atoms with Crippen LogP contribution < -0.4 is 5.32 Å². The van der Waals surface area contributed by atoms with Crippen LogP contribution in [-0.2, 0) is 0 Å². The maximum Gasteiger partial charge on any atom is 0.195 e. The highest BCUT2D eigenvalue weighted by atomic mass is 35.5. The molecule has 0 aliphatic carbocycles. The Morgan fingerprint density at radius 1 is 0.952 bits per heavy atom. The fraction of sp³-hybridized carbons (Fsp3) is 0.0556. The van der Waals surface area contributed by atoms with E-state index in [2.05, 4.69) is 5.32 Å². The molecule has 3 rings (SSSR count). The van der Waals surface area contributed by atoms with Crippen LogP contribution in [0.4, 0.5) is 5.69 Å². The molecule has 3 aromatic carbocycles. The van der Waals surface area contributed by atoms with Gasteiger partial charge in [-0.25, -0.2) is 0 Å². The van der Waals surface area contributed by atoms with Gasteiger partial charge in [0.25, 0.3) is 0 Å². The van der Waals surface area contributed by atoms with E-state index in [1.165, 1.54) is 0 Å². The molecule has 0 fully saturated rings. The van der Waals surface area contributed by atoms with E-state index in [1.54, 1.807) is 19.2 Å². The topological polar surface area (TPSA) is 29.1 Å². The zero-order valence-electron chi connectivity index (χ0n) is 11.6. The maximum atomic E-state index is 12.9. The minimum absolute atomic E-state index is 0.0290. The molecule has 0 unspecified atom stereocenters. The van der Waals surface area contributed by atoms with Gasteiger partial charge in [-0.3, -0.25) is 4.79 Å². The molecule has 0 spiro atoms. The molecule has 3 heteroatoms. The van der Waals surface area contributed by atoms with Gasteiger partial charge in [-0.2, -0.15) is 0 Å². The molecule has 0 saturated carbocycles. The molecule has 0 aliphatic heterocycles. The Morgan fingerprint density at radius 3 is 2.52 bits per heavy atom. The smallest absolute Gasteiger partial charge is 0.195 e. The van der Waals surface area contributed by atoms with Crippen molar-refractivity contribution in [1.82, 2.24) is 0 Å². The molecule has 0 aliphatic rings. The molecular formula is C18H14ClNO. The van der Waals surface area contributed by atoms with Gasteiger partial charge >= 0.3 is 0 Å². The number of nitrogens with one attached hydrogen (secondary N) is 1. The lowest BCUT2D eigenvalue weighted by Gasteiger charge is -2.10. The summed E-state index contributed by atoms with van der Waals surface area (Å²) >= 11 is 6.04. The highest BCUT2D eigenvalue weighted by molar-refractivity contribution is 6.31. The molecule has 1 N–H and O–H groups in total. The molecule has 0 amide bonds. The molecular weight excluding hydrogens is 282 g/mol. The van der Waals surface area contributed by atoms with Crippen molar-refractivity contribution in [2.75, 3.05) is 12.4 Å². The first-order chi connectivity index (χ1) is 10.2. The van der Waals surface area contributed by atoms with E-state index >= 15 is 0 Å². The Morgan fingerprint density at radius 2 is 1.71 bits per heavy atom. The summed E-state index contributed by atoms with van der Waals surface area (Å²) in [6.07, 6.45) is 0. The third kappa shape index (κ3) is 2.50. The van der Waals surface area contributed by atoms with Crippen LogP contribution in [0.5, 0.6) is 0 Å². The van der Waals surface area contributed by atoms with Gasteiger partial charge in [-0.05, 0) is 29.0 Å². The lowest BCUT2D eigenvalue weighted by atomic mass is 9.96. The van der Waals surface area contributed by atoms with E-state index < -0.39 is 0 Å². The number of ketones is 1. The quantitative estimate of drug-likeness (QED) is 0.705. The first kappa shape index (κ1) is 13.7. The molecule has 0 bridgehead atoms. The second-order valence-corrected chi connectivity index (χ2v) is 5.23. The third-order valence-corrected chi connectivity index (χ3v) is 3.76. The minimum atomic E-state index is -0.0290. The number of hydrogen-bond donors (Lipinski definition) is 1. The molecule has 0 heterocycles. The van der Waals surface area contributed by atoms with E-state index in [1.807, 2.05) is 48.5 Å². The van der Waals surface area contributed by atoms with Crippen molar-refractivity contribution in [3.63, 3.8) is 0 Å². The van der Waals surface area contributed by atoms with E-state index in [0.717, 1.165) is 16.5 Å². The van der Waals surface area contributed by atoms with Gasteiger partial charge in [0.2, 0.25) is 0 Å². The summed E-state index contributed by atoms with van der Waals surface area (Å²) in [6, 6.07) is 18.9. The number of anilines is 1. The molecule has 104 valence electrons. The number of benzene rings is 3. The summed E-state index contributed by atoms with van der Waals surface area (Å²) < 4.78 is 0. The van der Waals surface area contributed by atoms with Gasteiger partial charge < -0.3 is 5.32 Å². The first-order valence-corrected chi connectivity index (χ1v) is 7.08. The third-order valence-electron chi connectivity index (χ3n) is 3.53. The summed E-state index contributed by atoms with van der Waals surface area (Å²) in [5.74, 6) is -0.0290. The predicted octanol–water partition coefficient (Wildman–Crippen LogP) is 4.77. The standard InChI is InChI=1S/C18H14ClNO/c1-20-17-10-9-13(19)11-16(17)18(21)15-8-4-6-12-5-2-3-7-14(12)15/h2-11,20H,1H3. The molecule has 0 aromatic heterocycles. The van der Waals surface area contributed by atoms with E-state index in [0.29, 0.717) is 16.1 Å². The van der Waals surface area contributed by atoms with Crippen LogP contribution >= 0.6 is 11.6 Å². The van der Waals surface area contributed by atoms with E-state index in [-0.39, 0.29) is 5.78 Å². The van der Waals surface area contributed by atoms with Crippen LogP contribution in [0.15, 0.2) is 60.7 Å². The first-order valence-electron chi connectivity index (χ1n) is 6.70. The van der Waals surface area contributed by atoms with E-state index in [4.69, 9.17) is 11.6 Å². The van der Waals surface area contributed by atoms with Crippen LogP contribution in [-0.4, -0.2) is 12.8 Å². The average Bonchev–Trinajstić information content (AvgIpc) is 2.53. The lowest BCUT2D eigenvalue weighted by molar-refractivity contribution is 0.104. The molecule has 0 saturated heterocycles. The van der Waals surface area contributed by atoms with Crippen LogP contribution in [0.2, 0.25) is 5.02 Å². The van der Waals surface area contributed by atoms with Gasteiger partial charge in [0.1, 0.15) is 0 Å². The summed E-state index contributed by atoms with van der Waals surface area (Å²) in [5, 5.41) is 5.60. The Labute approximate surface area is 128 Å². The van der Waals surface area contributed by atoms with Crippen molar-refractivity contribution in [2.45, 2.75) is 0 Å². The van der Waals surface area contributed by atoms with Crippen LogP contribution in [0.25, 0.3) is 10.8 Å². The largest absolute Gasteiger partial charge is 0.388 e. The zero-order chi connectivity index (χ0) is 14.8. The summed E-state index contributed by atoms with van der Waals surface area (Å²) in [7, 11) is 1.79. The van der Waals surface area contributed by atoms with Gasteiger partial charge in [0, 0.05) is 28.9 Å². The number of hydrogen-bond acceptors (Lipinski definition) is 2. The molecule has 21 heavy (non-hydrogen) atoms. The van der Waals surface area contributed by atoms with Gasteiger partial charge in [-0.15, -0.1) is 0 Å². The van der Waals surface area contributed by atoms with Crippen LogP contribution in [0.3, 0.4) is 0 Å². The predicted molar refractivity (Wildman–Crippen MR) is 88.4 cm³/mol. The van der Waals surface area contributed by atoms with Gasteiger partial charge in [0.15, 0.2) is 5.78 Å². The van der Waals surface area contributed by atoms with Crippen molar-refractivity contribution >= 4 is 33.8 Å². The minimum Gasteiger partial charge on any atom is -0.388 e. The fourth-order valence-electron chi connectivity index (χ4n) is 2.49. The Kier molecular flexibility index (Phi) is 3.63. The molecule has 0 atom stereocenters. The lowest BCUT2D eigenvalue weighted by Crippen LogP contribution is -2.06. The number of carbonyl (C=O) groups is 1. The molecule has 3 aromatic rings. The van der Waals surface area contributed by atoms with Crippen molar-refractivity contribution in [2.24, 2.45) is 0 Å². The number of rotatable bonds is 3. The van der Waals surface area contributed by atoms with Crippen LogP contribution in [0.1, 0.15) is 15.9 Å². The van der Waals surface area contributed by atoms with E-state index in [9.17, 15) is 4.79 Å². The maximum absolute atomic E-state index is 12.9. The Bertz CT molecular complexity index is 821.